The SMILES string of the molecule is CC1CN(Cc2ccccc2)CC1C(=N)N. The van der Waals surface area contributed by atoms with Crippen LogP contribution >= 0.6 is 0 Å². The summed E-state index contributed by atoms with van der Waals surface area (Å²) in [6, 6.07) is 10.5. The molecule has 16 heavy (non-hydrogen) atoms. The summed E-state index contributed by atoms with van der Waals surface area (Å²) < 4.78 is 0. The smallest absolute Gasteiger partial charge is 0.0953 e. The molecule has 1 fully saturated rings. The molecule has 0 spiro atoms. The summed E-state index contributed by atoms with van der Waals surface area (Å²) in [5.74, 6) is 1.08. The molecule has 86 valence electrons. The number of hydrogen-bond acceptors (Lipinski definition) is 2. The third-order valence-corrected chi connectivity index (χ3v) is 3.34. The average Bonchev–Trinajstić information content (AvgIpc) is 2.61. The number of hydrogen-bond donors (Lipinski definition) is 2. The summed E-state index contributed by atoms with van der Waals surface area (Å²) in [6.07, 6.45) is 0. The minimum atomic E-state index is 0.240. The van der Waals surface area contributed by atoms with E-state index in [2.05, 4.69) is 36.1 Å². The van der Waals surface area contributed by atoms with E-state index in [9.17, 15) is 0 Å². The van der Waals surface area contributed by atoms with Crippen molar-refractivity contribution >= 4 is 5.84 Å². The lowest BCUT2D eigenvalue weighted by molar-refractivity contribution is 0.318. The quantitative estimate of drug-likeness (QED) is 0.598. The molecule has 3 heteroatoms. The van der Waals surface area contributed by atoms with Gasteiger partial charge >= 0.3 is 0 Å². The Balaban J connectivity index is 1.96. The lowest BCUT2D eigenvalue weighted by Gasteiger charge is -2.15. The van der Waals surface area contributed by atoms with Crippen LogP contribution in [0.25, 0.3) is 0 Å². The molecule has 3 N–H and O–H groups in total. The molecule has 0 aliphatic carbocycles. The maximum Gasteiger partial charge on any atom is 0.0953 e. The van der Waals surface area contributed by atoms with Gasteiger partial charge in [0.05, 0.1) is 5.84 Å². The van der Waals surface area contributed by atoms with Crippen molar-refractivity contribution in [3.63, 3.8) is 0 Å². The van der Waals surface area contributed by atoms with E-state index in [4.69, 9.17) is 11.1 Å². The summed E-state index contributed by atoms with van der Waals surface area (Å²) >= 11 is 0. The van der Waals surface area contributed by atoms with Crippen molar-refractivity contribution in [2.75, 3.05) is 13.1 Å². The van der Waals surface area contributed by atoms with Gasteiger partial charge in [-0.25, -0.2) is 0 Å². The van der Waals surface area contributed by atoms with Crippen LogP contribution in [0, 0.1) is 17.2 Å². The highest BCUT2D eigenvalue weighted by molar-refractivity contribution is 5.80. The number of nitrogens with one attached hydrogen (secondary N) is 1. The Morgan fingerprint density at radius 2 is 2.06 bits per heavy atom. The zero-order chi connectivity index (χ0) is 11.5. The minimum Gasteiger partial charge on any atom is -0.387 e. The standard InChI is InChI=1S/C13H19N3/c1-10-7-16(9-12(10)13(14)15)8-11-5-3-2-4-6-11/h2-6,10,12H,7-9H2,1H3,(H3,14,15). The van der Waals surface area contributed by atoms with Crippen molar-refractivity contribution in [1.29, 1.82) is 5.41 Å². The molecular formula is C13H19N3. The number of nitrogens with zero attached hydrogens (tertiary/aromatic N) is 1. The molecule has 1 aliphatic rings. The van der Waals surface area contributed by atoms with Gasteiger partial charge in [0.25, 0.3) is 0 Å². The summed E-state index contributed by atoms with van der Waals surface area (Å²) in [7, 11) is 0. The van der Waals surface area contributed by atoms with Crippen molar-refractivity contribution in [3.8, 4) is 0 Å². The highest BCUT2D eigenvalue weighted by Gasteiger charge is 2.31. The average molecular weight is 217 g/mol. The summed E-state index contributed by atoms with van der Waals surface area (Å²) in [4.78, 5) is 2.38. The molecule has 0 aromatic heterocycles. The first kappa shape index (κ1) is 11.1. The van der Waals surface area contributed by atoms with E-state index in [1.54, 1.807) is 0 Å². The highest BCUT2D eigenvalue weighted by Crippen LogP contribution is 2.24. The number of likely N-dealkylation sites (tertiary alicyclic amines) is 1. The Labute approximate surface area is 96.8 Å². The maximum absolute atomic E-state index is 7.54. The van der Waals surface area contributed by atoms with Crippen LogP contribution in [0.15, 0.2) is 30.3 Å². The van der Waals surface area contributed by atoms with E-state index >= 15 is 0 Å². The molecule has 1 aromatic carbocycles. The van der Waals surface area contributed by atoms with Crippen LogP contribution in [0.1, 0.15) is 12.5 Å². The van der Waals surface area contributed by atoms with E-state index in [1.807, 2.05) is 6.07 Å². The second-order valence-electron chi connectivity index (χ2n) is 4.72. The Kier molecular flexibility index (Phi) is 3.25. The van der Waals surface area contributed by atoms with Crippen LogP contribution in [0.2, 0.25) is 0 Å². The molecule has 1 heterocycles. The lowest BCUT2D eigenvalue weighted by atomic mass is 9.97. The molecule has 1 aromatic rings. The maximum atomic E-state index is 7.54. The van der Waals surface area contributed by atoms with Crippen molar-refractivity contribution in [2.24, 2.45) is 17.6 Å². The molecule has 0 radical (unpaired) electrons. The van der Waals surface area contributed by atoms with Gasteiger partial charge in [0.1, 0.15) is 0 Å². The molecule has 0 amide bonds. The third-order valence-electron chi connectivity index (χ3n) is 3.34. The molecule has 1 saturated heterocycles. The lowest BCUT2D eigenvalue weighted by Crippen LogP contribution is -2.28. The summed E-state index contributed by atoms with van der Waals surface area (Å²) in [5.41, 5.74) is 6.93. The predicted molar refractivity (Wildman–Crippen MR) is 66.3 cm³/mol. The van der Waals surface area contributed by atoms with E-state index in [0.29, 0.717) is 11.8 Å². The van der Waals surface area contributed by atoms with Gasteiger partial charge in [-0.05, 0) is 11.5 Å². The Morgan fingerprint density at radius 3 is 2.62 bits per heavy atom. The normalized spacial score (nSPS) is 25.8. The van der Waals surface area contributed by atoms with Crippen molar-refractivity contribution < 1.29 is 0 Å². The van der Waals surface area contributed by atoms with E-state index in [0.717, 1.165) is 19.6 Å². The van der Waals surface area contributed by atoms with Gasteiger partial charge in [-0.1, -0.05) is 37.3 Å². The van der Waals surface area contributed by atoms with E-state index < -0.39 is 0 Å². The topological polar surface area (TPSA) is 53.1 Å². The van der Waals surface area contributed by atoms with Crippen LogP contribution in [-0.4, -0.2) is 23.8 Å². The summed E-state index contributed by atoms with van der Waals surface area (Å²) in [6.45, 7) is 5.11. The Morgan fingerprint density at radius 1 is 1.38 bits per heavy atom. The molecule has 1 aliphatic heterocycles. The number of nitrogens with two attached hydrogens (primary N) is 1. The zero-order valence-corrected chi connectivity index (χ0v) is 9.69. The van der Waals surface area contributed by atoms with Gasteiger partial charge in [0.2, 0.25) is 0 Å². The van der Waals surface area contributed by atoms with Gasteiger partial charge < -0.3 is 5.73 Å². The molecule has 3 nitrogen and oxygen atoms in total. The third kappa shape index (κ3) is 2.42. The number of benzene rings is 1. The number of amidine groups is 1. The zero-order valence-electron chi connectivity index (χ0n) is 9.69. The first-order chi connectivity index (χ1) is 7.66. The van der Waals surface area contributed by atoms with Crippen molar-refractivity contribution in [3.05, 3.63) is 35.9 Å². The molecule has 2 rings (SSSR count). The Hall–Kier alpha value is -1.35. The fourth-order valence-electron chi connectivity index (χ4n) is 2.44. The van der Waals surface area contributed by atoms with Crippen LogP contribution < -0.4 is 5.73 Å². The molecule has 2 unspecified atom stereocenters. The summed E-state index contributed by atoms with van der Waals surface area (Å²) in [5, 5.41) is 7.54. The van der Waals surface area contributed by atoms with Crippen molar-refractivity contribution in [2.45, 2.75) is 13.5 Å². The highest BCUT2D eigenvalue weighted by atomic mass is 15.2. The van der Waals surface area contributed by atoms with Gasteiger partial charge in [0, 0.05) is 25.6 Å². The first-order valence-corrected chi connectivity index (χ1v) is 5.77. The van der Waals surface area contributed by atoms with Gasteiger partial charge in [-0.3, -0.25) is 10.3 Å². The van der Waals surface area contributed by atoms with Crippen LogP contribution in [0.4, 0.5) is 0 Å². The van der Waals surface area contributed by atoms with Gasteiger partial charge in [-0.15, -0.1) is 0 Å². The van der Waals surface area contributed by atoms with Crippen LogP contribution in [0.3, 0.4) is 0 Å². The second-order valence-corrected chi connectivity index (χ2v) is 4.72. The minimum absolute atomic E-state index is 0.240. The van der Waals surface area contributed by atoms with E-state index in [-0.39, 0.29) is 5.92 Å². The molecule has 2 atom stereocenters. The van der Waals surface area contributed by atoms with Gasteiger partial charge in [-0.2, -0.15) is 0 Å². The largest absolute Gasteiger partial charge is 0.387 e. The van der Waals surface area contributed by atoms with E-state index in [1.165, 1.54) is 5.56 Å². The first-order valence-electron chi connectivity index (χ1n) is 5.77. The van der Waals surface area contributed by atoms with Crippen molar-refractivity contribution in [1.82, 2.24) is 4.90 Å². The number of rotatable bonds is 3. The molecular weight excluding hydrogens is 198 g/mol. The fourth-order valence-corrected chi connectivity index (χ4v) is 2.44. The van der Waals surface area contributed by atoms with Crippen LogP contribution in [-0.2, 0) is 6.54 Å². The molecule has 0 saturated carbocycles. The van der Waals surface area contributed by atoms with Crippen LogP contribution in [0.5, 0.6) is 0 Å². The molecule has 0 bridgehead atoms. The second kappa shape index (κ2) is 4.66. The predicted octanol–water partition coefficient (Wildman–Crippen LogP) is 1.69. The fraction of sp³-hybridized carbons (Fsp3) is 0.462. The Bertz CT molecular complexity index is 361. The monoisotopic (exact) mass is 217 g/mol. The van der Waals surface area contributed by atoms with Gasteiger partial charge in [0.15, 0.2) is 0 Å².